The smallest absolute Gasteiger partial charge is 0.407 e. The molecule has 1 fully saturated rings. The fraction of sp³-hybridized carbons (Fsp3) is 0.471. The molecule has 12 heteroatoms. The van der Waals surface area contributed by atoms with E-state index < -0.39 is 21.7 Å². The summed E-state index contributed by atoms with van der Waals surface area (Å²) in [7, 11) is -3.36. The van der Waals surface area contributed by atoms with Gasteiger partial charge in [0.25, 0.3) is 0 Å². The van der Waals surface area contributed by atoms with Crippen molar-refractivity contribution in [2.45, 2.75) is 58.8 Å². The van der Waals surface area contributed by atoms with E-state index in [9.17, 15) is 13.2 Å². The van der Waals surface area contributed by atoms with E-state index in [4.69, 9.17) is 26.2 Å². The first kappa shape index (κ1) is 33.9. The van der Waals surface area contributed by atoms with Gasteiger partial charge in [-0.2, -0.15) is 9.40 Å². The summed E-state index contributed by atoms with van der Waals surface area (Å²) >= 11 is 6.58. The van der Waals surface area contributed by atoms with Crippen molar-refractivity contribution in [3.8, 4) is 23.1 Å². The van der Waals surface area contributed by atoms with Crippen molar-refractivity contribution >= 4 is 27.7 Å². The van der Waals surface area contributed by atoms with Crippen LogP contribution in [0.25, 0.3) is 11.3 Å². The van der Waals surface area contributed by atoms with E-state index >= 15 is 0 Å². The van der Waals surface area contributed by atoms with E-state index in [1.165, 1.54) is 10.6 Å². The largest absolute Gasteiger partial charge is 0.444 e. The molecule has 46 heavy (non-hydrogen) atoms. The lowest BCUT2D eigenvalue weighted by Crippen LogP contribution is -2.37. The lowest BCUT2D eigenvalue weighted by molar-refractivity contribution is 0.0368. The Morgan fingerprint density at radius 3 is 2.50 bits per heavy atom. The molecule has 1 amide bonds. The third-order valence-corrected chi connectivity index (χ3v) is 9.47. The molecule has 1 aromatic heterocycles. The lowest BCUT2D eigenvalue weighted by Gasteiger charge is -2.27. The number of nitrogens with one attached hydrogen (secondary N) is 1. The Hall–Kier alpha value is -3.40. The van der Waals surface area contributed by atoms with Gasteiger partial charge in [0.2, 0.25) is 10.0 Å². The van der Waals surface area contributed by atoms with Crippen LogP contribution in [-0.2, 0) is 45.6 Å². The molecule has 0 spiro atoms. The quantitative estimate of drug-likeness (QED) is 0.348. The number of aromatic nitrogens is 2. The molecule has 0 bridgehead atoms. The molecule has 1 saturated heterocycles. The molecule has 5 rings (SSSR count). The minimum atomic E-state index is -3.36. The summed E-state index contributed by atoms with van der Waals surface area (Å²) in [6, 6.07) is 13.3. The van der Waals surface area contributed by atoms with Crippen LogP contribution in [-0.4, -0.2) is 84.7 Å². The van der Waals surface area contributed by atoms with Crippen LogP contribution < -0.4 is 5.32 Å². The maximum atomic E-state index is 12.5. The lowest BCUT2D eigenvalue weighted by atomic mass is 10.0. The highest BCUT2D eigenvalue weighted by molar-refractivity contribution is 7.88. The van der Waals surface area contributed by atoms with Crippen LogP contribution in [0.2, 0.25) is 5.02 Å². The van der Waals surface area contributed by atoms with Crippen LogP contribution in [0.1, 0.15) is 55.1 Å². The van der Waals surface area contributed by atoms with Crippen LogP contribution in [0.4, 0.5) is 4.79 Å². The van der Waals surface area contributed by atoms with E-state index in [2.05, 4.69) is 26.7 Å². The summed E-state index contributed by atoms with van der Waals surface area (Å²) in [5.74, 6) is 6.38. The predicted molar refractivity (Wildman–Crippen MR) is 179 cm³/mol. The summed E-state index contributed by atoms with van der Waals surface area (Å²) in [6.07, 6.45) is 2.34. The minimum absolute atomic E-state index is 0.283. The number of carbonyl (C=O) groups excluding carboxylic acids is 1. The molecule has 0 radical (unpaired) electrons. The molecule has 3 heterocycles. The Morgan fingerprint density at radius 2 is 1.80 bits per heavy atom. The number of rotatable bonds is 8. The molecule has 2 aromatic carbocycles. The number of hydrogen-bond acceptors (Lipinski definition) is 7. The van der Waals surface area contributed by atoms with Crippen molar-refractivity contribution in [1.29, 1.82) is 0 Å². The van der Waals surface area contributed by atoms with Crippen molar-refractivity contribution < 1.29 is 22.7 Å². The third kappa shape index (κ3) is 9.11. The highest BCUT2D eigenvalue weighted by Gasteiger charge is 2.30. The Bertz CT molecular complexity index is 1720. The molecule has 0 atom stereocenters. The zero-order valence-corrected chi connectivity index (χ0v) is 28.5. The molecule has 1 N–H and O–H groups in total. The van der Waals surface area contributed by atoms with Gasteiger partial charge in [0.05, 0.1) is 30.2 Å². The number of fused-ring (bicyclic) bond motifs is 1. The van der Waals surface area contributed by atoms with Crippen molar-refractivity contribution in [2.75, 3.05) is 45.6 Å². The van der Waals surface area contributed by atoms with Gasteiger partial charge in [-0.15, -0.1) is 0 Å². The molecule has 2 aliphatic rings. The maximum absolute atomic E-state index is 12.5. The van der Waals surface area contributed by atoms with Gasteiger partial charge >= 0.3 is 6.09 Å². The second kappa shape index (κ2) is 14.6. The Labute approximate surface area is 277 Å². The zero-order chi connectivity index (χ0) is 32.9. The number of carbonyl (C=O) groups is 1. The molecule has 0 unspecified atom stereocenters. The van der Waals surface area contributed by atoms with E-state index in [0.717, 1.165) is 79.5 Å². The van der Waals surface area contributed by atoms with Crippen molar-refractivity contribution in [1.82, 2.24) is 24.3 Å². The van der Waals surface area contributed by atoms with E-state index in [1.807, 2.05) is 63.2 Å². The molecule has 0 aliphatic carbocycles. The number of ether oxygens (including phenoxy) is 2. The predicted octanol–water partition coefficient (Wildman–Crippen LogP) is 4.67. The van der Waals surface area contributed by atoms with Crippen LogP contribution in [0.15, 0.2) is 42.5 Å². The molecular formula is C34H42ClN5O5S. The average Bonchev–Trinajstić information content (AvgIpc) is 3.37. The fourth-order valence-electron chi connectivity index (χ4n) is 5.54. The van der Waals surface area contributed by atoms with Gasteiger partial charge < -0.3 is 14.8 Å². The third-order valence-electron chi connectivity index (χ3n) is 7.89. The Balaban J connectivity index is 1.34. The number of alkyl carbamates (subject to hydrolysis) is 1. The summed E-state index contributed by atoms with van der Waals surface area (Å²) < 4.78 is 39.3. The van der Waals surface area contributed by atoms with Gasteiger partial charge in [0.1, 0.15) is 5.60 Å². The first-order chi connectivity index (χ1) is 21.9. The second-order valence-electron chi connectivity index (χ2n) is 12.6. The average molecular weight is 668 g/mol. The summed E-state index contributed by atoms with van der Waals surface area (Å²) in [5, 5.41) is 8.31. The van der Waals surface area contributed by atoms with Crippen LogP contribution >= 0.6 is 11.6 Å². The summed E-state index contributed by atoms with van der Waals surface area (Å²) in [6.45, 7) is 11.7. The highest BCUT2D eigenvalue weighted by atomic mass is 35.5. The van der Waals surface area contributed by atoms with Gasteiger partial charge in [0, 0.05) is 80.2 Å². The van der Waals surface area contributed by atoms with Crippen LogP contribution in [0.3, 0.4) is 0 Å². The maximum Gasteiger partial charge on any atom is 0.407 e. The molecule has 0 saturated carbocycles. The first-order valence-electron chi connectivity index (χ1n) is 15.6. The number of morpholine rings is 1. The number of nitrogens with zero attached hydrogens (tertiary/aromatic N) is 4. The van der Waals surface area contributed by atoms with Crippen molar-refractivity contribution in [2.24, 2.45) is 0 Å². The van der Waals surface area contributed by atoms with Crippen molar-refractivity contribution in [3.63, 3.8) is 0 Å². The number of benzene rings is 2. The number of sulfonamides is 1. The van der Waals surface area contributed by atoms with Gasteiger partial charge in [-0.3, -0.25) is 9.58 Å². The number of amides is 1. The minimum Gasteiger partial charge on any atom is -0.444 e. The van der Waals surface area contributed by atoms with Gasteiger partial charge in [-0.05, 0) is 57.0 Å². The van der Waals surface area contributed by atoms with Crippen LogP contribution in [0, 0.1) is 11.8 Å². The highest BCUT2D eigenvalue weighted by Crippen LogP contribution is 2.33. The molecule has 246 valence electrons. The summed E-state index contributed by atoms with van der Waals surface area (Å²) in [4.78, 5) is 14.4. The Morgan fingerprint density at radius 1 is 1.07 bits per heavy atom. The number of aryl methyl sites for hydroxylation is 1. The molecule has 3 aromatic rings. The van der Waals surface area contributed by atoms with Gasteiger partial charge in [-0.25, -0.2) is 13.2 Å². The van der Waals surface area contributed by atoms with E-state index in [-0.39, 0.29) is 6.54 Å². The topological polar surface area (TPSA) is 106 Å². The molecule has 10 nitrogen and oxygen atoms in total. The van der Waals surface area contributed by atoms with E-state index in [0.29, 0.717) is 30.1 Å². The second-order valence-corrected chi connectivity index (χ2v) is 15.0. The number of halogens is 1. The molecule has 2 aliphatic heterocycles. The standard InChI is InChI=1S/C34H42ClN5O5S/c1-34(2,3)45-33(41)36-23-26-8-6-25(7-9-26)10-11-27-22-28(12-13-30(27)35)32-29-24-39(46(4,42)43)17-14-31(29)40(37-32)16-5-15-38-18-20-44-21-19-38/h6-9,12-13,22H,5,14-21,23-24H2,1-4H3,(H,36,41). The number of hydrogen-bond donors (Lipinski definition) is 1. The van der Waals surface area contributed by atoms with Crippen molar-refractivity contribution in [3.05, 3.63) is 75.4 Å². The normalized spacial score (nSPS) is 15.9. The zero-order valence-electron chi connectivity index (χ0n) is 26.9. The monoisotopic (exact) mass is 667 g/mol. The van der Waals surface area contributed by atoms with Crippen LogP contribution in [0.5, 0.6) is 0 Å². The Kier molecular flexibility index (Phi) is 10.8. The molecular weight excluding hydrogens is 626 g/mol. The first-order valence-corrected chi connectivity index (χ1v) is 17.8. The fourth-order valence-corrected chi connectivity index (χ4v) is 6.49. The van der Waals surface area contributed by atoms with E-state index in [1.54, 1.807) is 0 Å². The van der Waals surface area contributed by atoms with Gasteiger partial charge in [-0.1, -0.05) is 41.6 Å². The summed E-state index contributed by atoms with van der Waals surface area (Å²) in [5.41, 5.74) is 5.44. The van der Waals surface area contributed by atoms with Gasteiger partial charge in [0.15, 0.2) is 0 Å². The SMILES string of the molecule is CC(C)(C)OC(=O)NCc1ccc(C#Cc2cc(-c3nn(CCCN4CCOCC4)c4c3CN(S(C)(=O)=O)CC4)ccc2Cl)cc1.